The van der Waals surface area contributed by atoms with Gasteiger partial charge in [-0.25, -0.2) is 0 Å². The fourth-order valence-electron chi connectivity index (χ4n) is 6.99. The van der Waals surface area contributed by atoms with E-state index in [4.69, 9.17) is 9.47 Å². The van der Waals surface area contributed by atoms with Crippen LogP contribution in [0.4, 0.5) is 0 Å². The summed E-state index contributed by atoms with van der Waals surface area (Å²) in [4.78, 5) is 30.7. The fraction of sp³-hybridized carbons (Fsp3) is 0.444. The number of methoxy groups -OCH3 is 1. The second kappa shape index (κ2) is 11.0. The van der Waals surface area contributed by atoms with E-state index in [2.05, 4.69) is 57.4 Å². The Morgan fingerprint density at radius 2 is 1.51 bits per heavy atom. The lowest BCUT2D eigenvalue weighted by Crippen LogP contribution is -2.44. The highest BCUT2D eigenvalue weighted by Gasteiger charge is 2.49. The van der Waals surface area contributed by atoms with E-state index in [1.165, 1.54) is 0 Å². The second-order valence-corrected chi connectivity index (χ2v) is 13.2. The Bertz CT molecular complexity index is 1390. The molecule has 1 heterocycles. The van der Waals surface area contributed by atoms with Gasteiger partial charge in [0.25, 0.3) is 0 Å². The number of ether oxygens (including phenoxy) is 2. The molecule has 0 unspecified atom stereocenters. The fourth-order valence-corrected chi connectivity index (χ4v) is 6.99. The zero-order valence-electron chi connectivity index (χ0n) is 25.4. The van der Waals surface area contributed by atoms with Gasteiger partial charge in [0.2, 0.25) is 0 Å². The van der Waals surface area contributed by atoms with Crippen LogP contribution in [-0.2, 0) is 22.6 Å². The molecule has 2 aromatic carbocycles. The minimum Gasteiger partial charge on any atom is -0.493 e. The molecule has 2 aliphatic carbocycles. The lowest BCUT2D eigenvalue weighted by atomic mass is 9.63. The van der Waals surface area contributed by atoms with E-state index >= 15 is 0 Å². The molecule has 0 fully saturated rings. The zero-order chi connectivity index (χ0) is 29.5. The topological polar surface area (TPSA) is 55.8 Å². The van der Waals surface area contributed by atoms with Gasteiger partial charge in [0.1, 0.15) is 0 Å². The summed E-state index contributed by atoms with van der Waals surface area (Å²) in [6.07, 6.45) is 4.89. The summed E-state index contributed by atoms with van der Waals surface area (Å²) < 4.78 is 11.8. The molecule has 0 radical (unpaired) electrons. The van der Waals surface area contributed by atoms with Crippen molar-refractivity contribution in [1.82, 2.24) is 4.90 Å². The minimum absolute atomic E-state index is 0.127. The van der Waals surface area contributed by atoms with Crippen molar-refractivity contribution in [3.63, 3.8) is 0 Å². The SMILES string of the molecule is C=CCc1cc(C2C3=C(CC(C)(C)CC3=O)N(Cc3ccccc3)C3=C2C(=O)CC(C)(C)C3)cc(OCC)c1OC. The van der Waals surface area contributed by atoms with Gasteiger partial charge in [0.05, 0.1) is 13.7 Å². The van der Waals surface area contributed by atoms with Crippen molar-refractivity contribution in [2.75, 3.05) is 13.7 Å². The van der Waals surface area contributed by atoms with E-state index in [0.717, 1.165) is 52.1 Å². The van der Waals surface area contributed by atoms with Crippen molar-refractivity contribution in [3.05, 3.63) is 94.4 Å². The van der Waals surface area contributed by atoms with Gasteiger partial charge in [-0.05, 0) is 54.2 Å². The molecule has 2 aromatic rings. The van der Waals surface area contributed by atoms with Gasteiger partial charge in [-0.2, -0.15) is 0 Å². The van der Waals surface area contributed by atoms with Crippen LogP contribution in [-0.4, -0.2) is 30.2 Å². The summed E-state index contributed by atoms with van der Waals surface area (Å²) in [7, 11) is 1.65. The van der Waals surface area contributed by atoms with Gasteiger partial charge >= 0.3 is 0 Å². The molecule has 0 N–H and O–H groups in total. The van der Waals surface area contributed by atoms with Crippen LogP contribution in [0.2, 0.25) is 0 Å². The number of benzene rings is 2. The minimum atomic E-state index is -0.437. The Balaban J connectivity index is 1.80. The predicted molar refractivity (Wildman–Crippen MR) is 163 cm³/mol. The molecule has 5 nitrogen and oxygen atoms in total. The Labute approximate surface area is 244 Å². The van der Waals surface area contributed by atoms with E-state index in [0.29, 0.717) is 43.9 Å². The first-order valence-electron chi connectivity index (χ1n) is 14.8. The van der Waals surface area contributed by atoms with E-state index in [-0.39, 0.29) is 22.4 Å². The standard InChI is InChI=1S/C36H43NO4/c1-8-13-24-16-25(17-30(41-9-2)34(24)40-7)31-32-26(18-35(3,4)20-28(32)38)37(22-23-14-11-10-12-15-23)27-19-36(5,6)21-29(39)33(27)31/h8,10-12,14-17,31H,1,9,13,18-22H2,2-7H3. The highest BCUT2D eigenvalue weighted by Crippen LogP contribution is 2.55. The van der Waals surface area contributed by atoms with E-state index in [9.17, 15) is 9.59 Å². The van der Waals surface area contributed by atoms with Gasteiger partial charge in [-0.15, -0.1) is 6.58 Å². The molecule has 0 saturated heterocycles. The average Bonchev–Trinajstić information content (AvgIpc) is 2.89. The highest BCUT2D eigenvalue weighted by atomic mass is 16.5. The van der Waals surface area contributed by atoms with Gasteiger partial charge in [-0.3, -0.25) is 9.59 Å². The number of hydrogen-bond donors (Lipinski definition) is 0. The van der Waals surface area contributed by atoms with Crippen molar-refractivity contribution in [3.8, 4) is 11.5 Å². The maximum Gasteiger partial charge on any atom is 0.164 e. The molecular formula is C36H43NO4. The third-order valence-electron chi connectivity index (χ3n) is 8.56. The number of rotatable bonds is 8. The third kappa shape index (κ3) is 5.51. The summed E-state index contributed by atoms with van der Waals surface area (Å²) in [6.45, 7) is 15.7. The molecule has 0 spiro atoms. The quantitative estimate of drug-likeness (QED) is 0.314. The summed E-state index contributed by atoms with van der Waals surface area (Å²) in [5.74, 6) is 1.12. The largest absolute Gasteiger partial charge is 0.493 e. The molecule has 0 bridgehead atoms. The third-order valence-corrected chi connectivity index (χ3v) is 8.56. The maximum absolute atomic E-state index is 14.2. The Morgan fingerprint density at radius 1 is 0.927 bits per heavy atom. The van der Waals surface area contributed by atoms with Crippen LogP contribution in [0.3, 0.4) is 0 Å². The first-order valence-corrected chi connectivity index (χ1v) is 14.8. The molecule has 5 heteroatoms. The van der Waals surface area contributed by atoms with Crippen LogP contribution >= 0.6 is 0 Å². The number of carbonyl (C=O) groups is 2. The molecule has 3 aliphatic rings. The number of carbonyl (C=O) groups excluding carboxylic acids is 2. The van der Waals surface area contributed by atoms with Crippen LogP contribution in [0.15, 0.2) is 77.7 Å². The molecule has 0 atom stereocenters. The molecule has 5 rings (SSSR count). The van der Waals surface area contributed by atoms with Gasteiger partial charge < -0.3 is 14.4 Å². The first kappa shape index (κ1) is 28.9. The Hall–Kier alpha value is -3.60. The van der Waals surface area contributed by atoms with Crippen molar-refractivity contribution in [2.24, 2.45) is 10.8 Å². The summed E-state index contributed by atoms with van der Waals surface area (Å²) in [5, 5.41) is 0. The maximum atomic E-state index is 14.2. The summed E-state index contributed by atoms with van der Waals surface area (Å²) >= 11 is 0. The smallest absolute Gasteiger partial charge is 0.164 e. The first-order chi connectivity index (χ1) is 19.5. The normalized spacial score (nSPS) is 20.1. The van der Waals surface area contributed by atoms with Crippen LogP contribution in [0, 0.1) is 10.8 Å². The van der Waals surface area contributed by atoms with Crippen molar-refractivity contribution in [2.45, 2.75) is 79.2 Å². The lowest BCUT2D eigenvalue weighted by molar-refractivity contribution is -0.119. The van der Waals surface area contributed by atoms with E-state index in [1.54, 1.807) is 7.11 Å². The molecule has 0 saturated carbocycles. The number of hydrogen-bond acceptors (Lipinski definition) is 5. The second-order valence-electron chi connectivity index (χ2n) is 13.2. The van der Waals surface area contributed by atoms with Gasteiger partial charge in [-0.1, -0.05) is 70.2 Å². The Morgan fingerprint density at radius 3 is 2.02 bits per heavy atom. The van der Waals surface area contributed by atoms with Crippen molar-refractivity contribution in [1.29, 1.82) is 0 Å². The highest BCUT2D eigenvalue weighted by molar-refractivity contribution is 6.06. The van der Waals surface area contributed by atoms with Gasteiger partial charge in [0, 0.05) is 53.4 Å². The lowest BCUT2D eigenvalue weighted by Gasteiger charge is -2.49. The van der Waals surface area contributed by atoms with E-state index < -0.39 is 5.92 Å². The van der Waals surface area contributed by atoms with Crippen LogP contribution in [0.5, 0.6) is 11.5 Å². The zero-order valence-corrected chi connectivity index (χ0v) is 25.4. The number of ketones is 2. The average molecular weight is 554 g/mol. The summed E-state index contributed by atoms with van der Waals surface area (Å²) in [5.41, 5.74) is 6.31. The molecule has 1 aliphatic heterocycles. The Kier molecular flexibility index (Phi) is 7.76. The molecular weight excluding hydrogens is 510 g/mol. The van der Waals surface area contributed by atoms with Crippen LogP contribution in [0.25, 0.3) is 0 Å². The number of allylic oxidation sites excluding steroid dienone is 5. The van der Waals surface area contributed by atoms with E-state index in [1.807, 2.05) is 37.3 Å². The van der Waals surface area contributed by atoms with Crippen molar-refractivity contribution < 1.29 is 19.1 Å². The monoisotopic (exact) mass is 553 g/mol. The predicted octanol–water partition coefficient (Wildman–Crippen LogP) is 7.71. The van der Waals surface area contributed by atoms with Gasteiger partial charge in [0.15, 0.2) is 23.1 Å². The van der Waals surface area contributed by atoms with Crippen LogP contribution in [0.1, 0.15) is 82.9 Å². The molecule has 0 aromatic heterocycles. The summed E-state index contributed by atoms with van der Waals surface area (Å²) in [6, 6.07) is 14.4. The number of Topliss-reactive ketones (excluding diaryl/α,β-unsaturated/α-hetero) is 2. The molecule has 41 heavy (non-hydrogen) atoms. The molecule has 0 amide bonds. The number of nitrogens with zero attached hydrogens (tertiary/aromatic N) is 1. The molecule has 216 valence electrons. The van der Waals surface area contributed by atoms with Crippen molar-refractivity contribution >= 4 is 11.6 Å². The van der Waals surface area contributed by atoms with Crippen LogP contribution < -0.4 is 9.47 Å².